The molecule has 1 aromatic heterocycles. The minimum atomic E-state index is 0.0597. The smallest absolute Gasteiger partial charge is 0.231 e. The predicted octanol–water partition coefficient (Wildman–Crippen LogP) is 0.856. The molecule has 0 unspecified atom stereocenters. The molecule has 0 radical (unpaired) electrons. The van der Waals surface area contributed by atoms with Crippen LogP contribution < -0.4 is 10.6 Å². The maximum atomic E-state index is 11.6. The summed E-state index contributed by atoms with van der Waals surface area (Å²) < 4.78 is 0. The molecule has 1 fully saturated rings. The zero-order valence-electron chi connectivity index (χ0n) is 9.00. The summed E-state index contributed by atoms with van der Waals surface area (Å²) in [6.45, 7) is 5.49. The Morgan fingerprint density at radius 1 is 1.47 bits per heavy atom. The van der Waals surface area contributed by atoms with Crippen LogP contribution in [-0.2, 0) is 4.79 Å². The second kappa shape index (κ2) is 3.98. The van der Waals surface area contributed by atoms with Crippen LogP contribution in [0.4, 0.5) is 5.82 Å². The van der Waals surface area contributed by atoms with Crippen LogP contribution in [0.15, 0.2) is 12.1 Å². The number of aromatic nitrogens is 1. The molecule has 2 N–H and O–H groups in total. The number of amides is 1. The fraction of sp³-hybridized carbons (Fsp3) is 0.455. The highest BCUT2D eigenvalue weighted by atomic mass is 16.2. The van der Waals surface area contributed by atoms with Crippen molar-refractivity contribution in [3.63, 3.8) is 0 Å². The number of pyridine rings is 1. The molecule has 4 heteroatoms. The van der Waals surface area contributed by atoms with Gasteiger partial charge >= 0.3 is 0 Å². The lowest BCUT2D eigenvalue weighted by Gasteiger charge is -2.25. The van der Waals surface area contributed by atoms with Crippen LogP contribution >= 0.6 is 0 Å². The van der Waals surface area contributed by atoms with Crippen molar-refractivity contribution in [1.82, 2.24) is 10.3 Å². The van der Waals surface area contributed by atoms with E-state index in [0.717, 1.165) is 24.3 Å². The molecule has 1 amide bonds. The first kappa shape index (κ1) is 10.1. The summed E-state index contributed by atoms with van der Waals surface area (Å²) in [6.07, 6.45) is 0. The SMILES string of the molecule is Cc1ccc(NC(=O)C2CNC2)nc1C. The highest BCUT2D eigenvalue weighted by molar-refractivity contribution is 5.92. The number of nitrogens with zero attached hydrogens (tertiary/aromatic N) is 1. The largest absolute Gasteiger partial charge is 0.315 e. The van der Waals surface area contributed by atoms with E-state index in [1.807, 2.05) is 26.0 Å². The van der Waals surface area contributed by atoms with Crippen LogP contribution in [0.1, 0.15) is 11.3 Å². The van der Waals surface area contributed by atoms with Crippen LogP contribution in [0.3, 0.4) is 0 Å². The van der Waals surface area contributed by atoms with Gasteiger partial charge in [0.05, 0.1) is 5.92 Å². The number of hydrogen-bond acceptors (Lipinski definition) is 3. The molecule has 0 spiro atoms. The molecule has 0 aliphatic carbocycles. The number of carbonyl (C=O) groups is 1. The van der Waals surface area contributed by atoms with Crippen molar-refractivity contribution < 1.29 is 4.79 Å². The fourth-order valence-corrected chi connectivity index (χ4v) is 1.40. The van der Waals surface area contributed by atoms with Gasteiger partial charge in [0.1, 0.15) is 5.82 Å². The first-order valence-corrected chi connectivity index (χ1v) is 5.12. The van der Waals surface area contributed by atoms with Crippen molar-refractivity contribution in [3.8, 4) is 0 Å². The van der Waals surface area contributed by atoms with Crippen LogP contribution in [0, 0.1) is 19.8 Å². The molecule has 1 saturated heterocycles. The Bertz CT molecular complexity index is 385. The van der Waals surface area contributed by atoms with E-state index in [1.54, 1.807) is 0 Å². The van der Waals surface area contributed by atoms with Gasteiger partial charge in [-0.15, -0.1) is 0 Å². The molecule has 0 bridgehead atoms. The monoisotopic (exact) mass is 205 g/mol. The van der Waals surface area contributed by atoms with Crippen molar-refractivity contribution in [2.45, 2.75) is 13.8 Å². The Morgan fingerprint density at radius 3 is 2.73 bits per heavy atom. The van der Waals surface area contributed by atoms with Crippen molar-refractivity contribution in [2.75, 3.05) is 18.4 Å². The van der Waals surface area contributed by atoms with Gasteiger partial charge in [-0.2, -0.15) is 0 Å². The predicted molar refractivity (Wildman–Crippen MR) is 58.7 cm³/mol. The van der Waals surface area contributed by atoms with Gasteiger partial charge in [0.25, 0.3) is 0 Å². The Labute approximate surface area is 89.1 Å². The fourth-order valence-electron chi connectivity index (χ4n) is 1.40. The van der Waals surface area contributed by atoms with E-state index in [4.69, 9.17) is 0 Å². The van der Waals surface area contributed by atoms with E-state index in [-0.39, 0.29) is 11.8 Å². The molecular formula is C11H15N3O. The van der Waals surface area contributed by atoms with Crippen LogP contribution in [0.5, 0.6) is 0 Å². The Kier molecular flexibility index (Phi) is 2.68. The average molecular weight is 205 g/mol. The zero-order chi connectivity index (χ0) is 10.8. The lowest BCUT2D eigenvalue weighted by molar-refractivity contribution is -0.121. The molecule has 4 nitrogen and oxygen atoms in total. The lowest BCUT2D eigenvalue weighted by Crippen LogP contribution is -2.48. The summed E-state index contributed by atoms with van der Waals surface area (Å²) in [5, 5.41) is 5.89. The molecular weight excluding hydrogens is 190 g/mol. The number of carbonyl (C=O) groups excluding carboxylic acids is 1. The first-order chi connectivity index (χ1) is 7.16. The topological polar surface area (TPSA) is 54.0 Å². The van der Waals surface area contributed by atoms with Crippen molar-refractivity contribution in [2.24, 2.45) is 5.92 Å². The number of aryl methyl sites for hydroxylation is 2. The second-order valence-corrected chi connectivity index (χ2v) is 3.94. The lowest BCUT2D eigenvalue weighted by atomic mass is 10.0. The Balaban J connectivity index is 2.03. The van der Waals surface area contributed by atoms with Gasteiger partial charge in [0.2, 0.25) is 5.91 Å². The van der Waals surface area contributed by atoms with E-state index in [0.29, 0.717) is 5.82 Å². The number of anilines is 1. The minimum Gasteiger partial charge on any atom is -0.315 e. The molecule has 2 rings (SSSR count). The van der Waals surface area contributed by atoms with E-state index >= 15 is 0 Å². The van der Waals surface area contributed by atoms with Crippen molar-refractivity contribution >= 4 is 11.7 Å². The minimum absolute atomic E-state index is 0.0597. The average Bonchev–Trinajstić information content (AvgIpc) is 2.08. The standard InChI is InChI=1S/C11H15N3O/c1-7-3-4-10(13-8(7)2)14-11(15)9-5-12-6-9/h3-4,9,12H,5-6H2,1-2H3,(H,13,14,15). The molecule has 1 aliphatic rings. The number of rotatable bonds is 2. The molecule has 1 aromatic rings. The molecule has 0 atom stereocenters. The molecule has 1 aliphatic heterocycles. The summed E-state index contributed by atoms with van der Waals surface area (Å²) in [5.74, 6) is 0.813. The van der Waals surface area contributed by atoms with E-state index in [1.165, 1.54) is 0 Å². The van der Waals surface area contributed by atoms with Gasteiger partial charge in [-0.1, -0.05) is 6.07 Å². The summed E-state index contributed by atoms with van der Waals surface area (Å²) in [7, 11) is 0. The second-order valence-electron chi connectivity index (χ2n) is 3.94. The van der Waals surface area contributed by atoms with Gasteiger partial charge in [0.15, 0.2) is 0 Å². The third kappa shape index (κ3) is 2.15. The van der Waals surface area contributed by atoms with Gasteiger partial charge < -0.3 is 10.6 Å². The van der Waals surface area contributed by atoms with Gasteiger partial charge in [-0.05, 0) is 25.5 Å². The maximum absolute atomic E-state index is 11.6. The maximum Gasteiger partial charge on any atom is 0.231 e. The molecule has 0 saturated carbocycles. The van der Waals surface area contributed by atoms with E-state index < -0.39 is 0 Å². The zero-order valence-corrected chi connectivity index (χ0v) is 9.00. The summed E-state index contributed by atoms with van der Waals surface area (Å²) >= 11 is 0. The van der Waals surface area contributed by atoms with Crippen molar-refractivity contribution in [3.05, 3.63) is 23.4 Å². The molecule has 2 heterocycles. The summed E-state index contributed by atoms with van der Waals surface area (Å²) in [4.78, 5) is 15.9. The summed E-state index contributed by atoms with van der Waals surface area (Å²) in [6, 6.07) is 3.81. The number of nitrogens with one attached hydrogen (secondary N) is 2. The van der Waals surface area contributed by atoms with Crippen LogP contribution in [-0.4, -0.2) is 24.0 Å². The normalized spacial score (nSPS) is 15.9. The van der Waals surface area contributed by atoms with Crippen molar-refractivity contribution in [1.29, 1.82) is 0 Å². The van der Waals surface area contributed by atoms with E-state index in [2.05, 4.69) is 15.6 Å². The Morgan fingerprint density at radius 2 is 2.20 bits per heavy atom. The van der Waals surface area contributed by atoms with Gasteiger partial charge in [0, 0.05) is 18.8 Å². The van der Waals surface area contributed by atoms with Crippen LogP contribution in [0.25, 0.3) is 0 Å². The van der Waals surface area contributed by atoms with Gasteiger partial charge in [-0.3, -0.25) is 4.79 Å². The van der Waals surface area contributed by atoms with E-state index in [9.17, 15) is 4.79 Å². The van der Waals surface area contributed by atoms with Crippen LogP contribution in [0.2, 0.25) is 0 Å². The van der Waals surface area contributed by atoms with Gasteiger partial charge in [-0.25, -0.2) is 4.98 Å². The Hall–Kier alpha value is -1.42. The first-order valence-electron chi connectivity index (χ1n) is 5.12. The molecule has 15 heavy (non-hydrogen) atoms. The quantitative estimate of drug-likeness (QED) is 0.752. The highest BCUT2D eigenvalue weighted by Crippen LogP contribution is 2.11. The number of hydrogen-bond donors (Lipinski definition) is 2. The molecule has 80 valence electrons. The summed E-state index contributed by atoms with van der Waals surface area (Å²) in [5.41, 5.74) is 2.10. The third-order valence-corrected chi connectivity index (χ3v) is 2.75. The highest BCUT2D eigenvalue weighted by Gasteiger charge is 2.24. The third-order valence-electron chi connectivity index (χ3n) is 2.75. The molecule has 0 aromatic carbocycles.